The number of nitrogens with zero attached hydrogens (tertiary/aromatic N) is 3. The number of hydrogen-bond acceptors (Lipinski definition) is 2. The van der Waals surface area contributed by atoms with Crippen molar-refractivity contribution in [1.82, 2.24) is 14.8 Å². The van der Waals surface area contributed by atoms with Crippen LogP contribution in [0.25, 0.3) is 16.7 Å². The van der Waals surface area contributed by atoms with E-state index in [9.17, 15) is 0 Å². The highest BCUT2D eigenvalue weighted by Crippen LogP contribution is 2.21. The number of fused-ring (bicyclic) bond motifs is 1. The van der Waals surface area contributed by atoms with Gasteiger partial charge in [0.2, 0.25) is 0 Å². The van der Waals surface area contributed by atoms with Gasteiger partial charge in [0.05, 0.1) is 16.7 Å². The molecule has 0 N–H and O–H groups in total. The van der Waals surface area contributed by atoms with Crippen LogP contribution in [0.1, 0.15) is 5.56 Å². The van der Waals surface area contributed by atoms with E-state index in [0.29, 0.717) is 10.9 Å². The van der Waals surface area contributed by atoms with Crippen molar-refractivity contribution in [3.8, 4) is 5.82 Å². The van der Waals surface area contributed by atoms with Crippen molar-refractivity contribution < 1.29 is 0 Å². The highest BCUT2D eigenvalue weighted by atomic mass is 35.5. The Labute approximate surface area is 114 Å². The zero-order valence-corrected chi connectivity index (χ0v) is 10.9. The van der Waals surface area contributed by atoms with Crippen molar-refractivity contribution in [2.75, 3.05) is 0 Å². The molecule has 3 nitrogen and oxygen atoms in total. The first-order valence-electron chi connectivity index (χ1n) is 5.43. The van der Waals surface area contributed by atoms with Gasteiger partial charge in [-0.3, -0.25) is 0 Å². The Morgan fingerprint density at radius 3 is 2.83 bits per heavy atom. The van der Waals surface area contributed by atoms with Crippen LogP contribution in [0, 0.1) is 0 Å². The molecule has 0 unspecified atom stereocenters. The van der Waals surface area contributed by atoms with Gasteiger partial charge in [-0.25, -0.2) is 9.67 Å². The number of benzene rings is 1. The first-order valence-corrected chi connectivity index (χ1v) is 6.34. The zero-order valence-electron chi connectivity index (χ0n) is 9.35. The maximum atomic E-state index is 6.00. The Morgan fingerprint density at radius 1 is 1.17 bits per heavy atom. The van der Waals surface area contributed by atoms with E-state index < -0.39 is 0 Å². The molecule has 2 heterocycles. The lowest BCUT2D eigenvalue weighted by Crippen LogP contribution is -2.00. The SMILES string of the molecule is ClCc1cc(-n2ncc3ccccc32)ncc1Cl. The van der Waals surface area contributed by atoms with Gasteiger partial charge in [0.15, 0.2) is 5.82 Å². The fourth-order valence-electron chi connectivity index (χ4n) is 1.84. The minimum Gasteiger partial charge on any atom is -0.236 e. The summed E-state index contributed by atoms with van der Waals surface area (Å²) in [6.45, 7) is 0. The third-order valence-electron chi connectivity index (χ3n) is 2.76. The van der Waals surface area contributed by atoms with Crippen LogP contribution in [-0.4, -0.2) is 14.8 Å². The van der Waals surface area contributed by atoms with Gasteiger partial charge in [0.1, 0.15) is 0 Å². The number of rotatable bonds is 2. The Bertz CT molecular complexity index is 706. The predicted octanol–water partition coefficient (Wildman–Crippen LogP) is 3.81. The summed E-state index contributed by atoms with van der Waals surface area (Å²) in [4.78, 5) is 4.29. The summed E-state index contributed by atoms with van der Waals surface area (Å²) in [6.07, 6.45) is 3.41. The second kappa shape index (κ2) is 4.59. The monoisotopic (exact) mass is 277 g/mol. The van der Waals surface area contributed by atoms with E-state index >= 15 is 0 Å². The number of alkyl halides is 1. The second-order valence-corrected chi connectivity index (χ2v) is 4.56. The molecule has 18 heavy (non-hydrogen) atoms. The molecule has 3 rings (SSSR count). The van der Waals surface area contributed by atoms with Gasteiger partial charge in [-0.05, 0) is 17.7 Å². The van der Waals surface area contributed by atoms with Gasteiger partial charge in [-0.15, -0.1) is 11.6 Å². The highest BCUT2D eigenvalue weighted by molar-refractivity contribution is 6.32. The van der Waals surface area contributed by atoms with Crippen LogP contribution in [0.2, 0.25) is 5.02 Å². The zero-order chi connectivity index (χ0) is 12.5. The van der Waals surface area contributed by atoms with Crippen molar-refractivity contribution in [3.05, 3.63) is 53.3 Å². The first kappa shape index (κ1) is 11.5. The lowest BCUT2D eigenvalue weighted by Gasteiger charge is -2.05. The summed E-state index contributed by atoms with van der Waals surface area (Å²) in [5.41, 5.74) is 1.86. The van der Waals surface area contributed by atoms with Crippen LogP contribution < -0.4 is 0 Å². The fraction of sp³-hybridized carbons (Fsp3) is 0.0769. The molecule has 3 aromatic rings. The topological polar surface area (TPSA) is 30.7 Å². The molecular formula is C13H9Cl2N3. The lowest BCUT2D eigenvalue weighted by atomic mass is 10.2. The van der Waals surface area contributed by atoms with E-state index in [4.69, 9.17) is 23.2 Å². The van der Waals surface area contributed by atoms with Crippen LogP contribution in [0.15, 0.2) is 42.7 Å². The molecular weight excluding hydrogens is 269 g/mol. The summed E-state index contributed by atoms with van der Waals surface area (Å²) < 4.78 is 1.78. The van der Waals surface area contributed by atoms with E-state index in [1.54, 1.807) is 10.9 Å². The Hall–Kier alpha value is -1.58. The summed E-state index contributed by atoms with van der Waals surface area (Å²) in [6, 6.07) is 9.82. The first-order chi connectivity index (χ1) is 8.79. The van der Waals surface area contributed by atoms with Gasteiger partial charge >= 0.3 is 0 Å². The van der Waals surface area contributed by atoms with Crippen molar-refractivity contribution in [2.24, 2.45) is 0 Å². The summed E-state index contributed by atoms with van der Waals surface area (Å²) in [5, 5.41) is 5.98. The third-order valence-corrected chi connectivity index (χ3v) is 3.39. The molecule has 0 aliphatic rings. The second-order valence-electron chi connectivity index (χ2n) is 3.88. The van der Waals surface area contributed by atoms with Crippen LogP contribution in [0.3, 0.4) is 0 Å². The molecule has 0 amide bonds. The smallest absolute Gasteiger partial charge is 0.154 e. The lowest BCUT2D eigenvalue weighted by molar-refractivity contribution is 0.872. The third kappa shape index (κ3) is 1.85. The average molecular weight is 278 g/mol. The Balaban J connectivity index is 2.20. The number of halogens is 2. The molecule has 0 saturated carbocycles. The minimum absolute atomic E-state index is 0.355. The van der Waals surface area contributed by atoms with Gasteiger partial charge in [-0.2, -0.15) is 5.10 Å². The van der Waals surface area contributed by atoms with E-state index in [-0.39, 0.29) is 0 Å². The van der Waals surface area contributed by atoms with Crippen LogP contribution in [0.4, 0.5) is 0 Å². The van der Waals surface area contributed by atoms with Gasteiger partial charge in [0, 0.05) is 17.5 Å². The Kier molecular flexibility index (Phi) is 2.94. The molecule has 0 aliphatic heterocycles. The van der Waals surface area contributed by atoms with Gasteiger partial charge in [0.25, 0.3) is 0 Å². The van der Waals surface area contributed by atoms with Crippen molar-refractivity contribution >= 4 is 34.1 Å². The number of pyridine rings is 1. The minimum atomic E-state index is 0.355. The normalized spacial score (nSPS) is 11.0. The number of aromatic nitrogens is 3. The molecule has 0 fully saturated rings. The van der Waals surface area contributed by atoms with Crippen LogP contribution in [0.5, 0.6) is 0 Å². The Morgan fingerprint density at radius 2 is 2.00 bits per heavy atom. The number of para-hydroxylation sites is 1. The quantitative estimate of drug-likeness (QED) is 0.667. The molecule has 5 heteroatoms. The molecule has 0 saturated heterocycles. The maximum absolute atomic E-state index is 6.00. The van der Waals surface area contributed by atoms with Crippen molar-refractivity contribution in [1.29, 1.82) is 0 Å². The standard InChI is InChI=1S/C13H9Cl2N3/c14-6-10-5-13(16-8-11(10)15)18-12-4-2-1-3-9(12)7-17-18/h1-5,7-8H,6H2. The van der Waals surface area contributed by atoms with E-state index in [2.05, 4.69) is 10.1 Å². The summed E-state index contributed by atoms with van der Waals surface area (Å²) in [5.74, 6) is 1.07. The summed E-state index contributed by atoms with van der Waals surface area (Å²) in [7, 11) is 0. The molecule has 0 atom stereocenters. The van der Waals surface area contributed by atoms with Crippen molar-refractivity contribution in [2.45, 2.75) is 5.88 Å². The summed E-state index contributed by atoms with van der Waals surface area (Å²) >= 11 is 11.8. The molecule has 0 bridgehead atoms. The average Bonchev–Trinajstić information content (AvgIpc) is 2.83. The van der Waals surface area contributed by atoms with E-state index in [0.717, 1.165) is 22.3 Å². The van der Waals surface area contributed by atoms with E-state index in [1.165, 1.54) is 0 Å². The molecule has 2 aromatic heterocycles. The molecule has 0 spiro atoms. The molecule has 90 valence electrons. The van der Waals surface area contributed by atoms with Gasteiger partial charge < -0.3 is 0 Å². The largest absolute Gasteiger partial charge is 0.236 e. The maximum Gasteiger partial charge on any atom is 0.154 e. The highest BCUT2D eigenvalue weighted by Gasteiger charge is 2.08. The molecule has 0 radical (unpaired) electrons. The fourth-order valence-corrected chi connectivity index (χ4v) is 2.30. The molecule has 0 aliphatic carbocycles. The van der Waals surface area contributed by atoms with Crippen molar-refractivity contribution in [3.63, 3.8) is 0 Å². The van der Waals surface area contributed by atoms with Crippen LogP contribution in [-0.2, 0) is 5.88 Å². The number of hydrogen-bond donors (Lipinski definition) is 0. The molecule has 1 aromatic carbocycles. The van der Waals surface area contributed by atoms with Gasteiger partial charge in [-0.1, -0.05) is 29.8 Å². The predicted molar refractivity (Wildman–Crippen MR) is 73.4 cm³/mol. The van der Waals surface area contributed by atoms with E-state index in [1.807, 2.05) is 36.5 Å². The van der Waals surface area contributed by atoms with Crippen LogP contribution >= 0.6 is 23.2 Å².